The molecule has 0 atom stereocenters. The largest absolute Gasteiger partial charge is 0.424 e. The number of nitrogens with zero attached hydrogens (tertiary/aromatic N) is 2. The molecule has 4 rings (SSSR count). The Kier molecular flexibility index (Phi) is 5.64. The van der Waals surface area contributed by atoms with Crippen LogP contribution in [0.3, 0.4) is 0 Å². The molecule has 0 aliphatic heterocycles. The molecule has 4 aromatic rings. The number of nitrogens with one attached hydrogen (secondary N) is 1. The van der Waals surface area contributed by atoms with E-state index >= 15 is 0 Å². The number of nitrogens with two attached hydrogens (primary N) is 1. The van der Waals surface area contributed by atoms with Crippen LogP contribution in [0.2, 0.25) is 0 Å². The molecule has 0 bridgehead atoms. The van der Waals surface area contributed by atoms with E-state index < -0.39 is 15.8 Å². The van der Waals surface area contributed by atoms with Gasteiger partial charge in [0.2, 0.25) is 0 Å². The molecule has 0 aliphatic carbocycles. The molecule has 2 heterocycles. The van der Waals surface area contributed by atoms with Gasteiger partial charge < -0.3 is 9.15 Å². The van der Waals surface area contributed by atoms with Crippen LogP contribution in [-0.4, -0.2) is 18.4 Å². The van der Waals surface area contributed by atoms with Gasteiger partial charge in [-0.05, 0) is 54.8 Å². The van der Waals surface area contributed by atoms with Crippen molar-refractivity contribution in [1.29, 1.82) is 0 Å². The van der Waals surface area contributed by atoms with Gasteiger partial charge >= 0.3 is 11.6 Å². The molecule has 2 aromatic carbocycles. The van der Waals surface area contributed by atoms with E-state index in [0.717, 1.165) is 16.5 Å². The Morgan fingerprint density at radius 1 is 1.06 bits per heavy atom. The van der Waals surface area contributed by atoms with Gasteiger partial charge in [-0.15, -0.1) is 0 Å². The summed E-state index contributed by atoms with van der Waals surface area (Å²) in [6.07, 6.45) is 3.40. The molecule has 0 saturated heterocycles. The standard InChI is InChI=1S/C22H20N4O5S/c1-13-15(5-3-6-19(13)26-32(23,28)29)11-18-14(2)17-8-7-16(12-20(17)31-21(18)27)30-22-24-9-4-10-25-22/h3-10,12,26H,11H2,1-2H3,(H2,23,28,29). The molecule has 9 nitrogen and oxygen atoms in total. The summed E-state index contributed by atoms with van der Waals surface area (Å²) < 4.78 is 36.3. The maximum absolute atomic E-state index is 12.8. The number of benzene rings is 2. The first-order valence-corrected chi connectivity index (χ1v) is 11.2. The molecule has 0 unspecified atom stereocenters. The van der Waals surface area contributed by atoms with E-state index in [-0.39, 0.29) is 12.4 Å². The number of anilines is 1. The summed E-state index contributed by atoms with van der Waals surface area (Å²) in [7, 11) is -3.91. The molecule has 0 amide bonds. The van der Waals surface area contributed by atoms with E-state index in [1.54, 1.807) is 55.7 Å². The number of ether oxygens (including phenoxy) is 1. The molecule has 0 spiro atoms. The summed E-state index contributed by atoms with van der Waals surface area (Å²) in [5.41, 5.74) is 2.95. The van der Waals surface area contributed by atoms with Gasteiger partial charge in [0.1, 0.15) is 11.3 Å². The van der Waals surface area contributed by atoms with Gasteiger partial charge in [-0.1, -0.05) is 12.1 Å². The first-order chi connectivity index (χ1) is 15.2. The van der Waals surface area contributed by atoms with Gasteiger partial charge in [-0.3, -0.25) is 4.72 Å². The summed E-state index contributed by atoms with van der Waals surface area (Å²) in [5, 5.41) is 5.85. The zero-order valence-electron chi connectivity index (χ0n) is 17.3. The van der Waals surface area contributed by atoms with Crippen molar-refractivity contribution in [1.82, 2.24) is 9.97 Å². The fourth-order valence-corrected chi connectivity index (χ4v) is 3.94. The van der Waals surface area contributed by atoms with Crippen LogP contribution in [0.15, 0.2) is 64.1 Å². The van der Waals surface area contributed by atoms with E-state index in [4.69, 9.17) is 14.3 Å². The zero-order chi connectivity index (χ0) is 22.9. The lowest BCUT2D eigenvalue weighted by molar-refractivity contribution is 0.440. The van der Waals surface area contributed by atoms with Crippen LogP contribution in [0.4, 0.5) is 5.69 Å². The van der Waals surface area contributed by atoms with Gasteiger partial charge in [0.15, 0.2) is 0 Å². The maximum atomic E-state index is 12.8. The van der Waals surface area contributed by atoms with Crippen LogP contribution in [0.25, 0.3) is 11.0 Å². The average molecular weight is 452 g/mol. The highest BCUT2D eigenvalue weighted by Gasteiger charge is 2.16. The Morgan fingerprint density at radius 3 is 2.53 bits per heavy atom. The number of hydrogen-bond donors (Lipinski definition) is 2. The van der Waals surface area contributed by atoms with Crippen molar-refractivity contribution in [2.45, 2.75) is 20.3 Å². The van der Waals surface area contributed by atoms with Crippen molar-refractivity contribution < 1.29 is 17.6 Å². The molecule has 0 saturated carbocycles. The molecule has 0 aliphatic rings. The predicted molar refractivity (Wildman–Crippen MR) is 120 cm³/mol. The Labute approximate surface area is 184 Å². The zero-order valence-corrected chi connectivity index (χ0v) is 18.1. The highest BCUT2D eigenvalue weighted by atomic mass is 32.2. The van der Waals surface area contributed by atoms with E-state index in [0.29, 0.717) is 28.1 Å². The first kappa shape index (κ1) is 21.5. The third-order valence-electron chi connectivity index (χ3n) is 5.08. The smallest absolute Gasteiger partial charge is 0.340 e. The fraction of sp³-hybridized carbons (Fsp3) is 0.136. The summed E-state index contributed by atoms with van der Waals surface area (Å²) in [4.78, 5) is 20.8. The second-order valence-electron chi connectivity index (χ2n) is 7.20. The van der Waals surface area contributed by atoms with E-state index in [1.165, 1.54) is 0 Å². The third kappa shape index (κ3) is 4.61. The molecular formula is C22H20N4O5S. The summed E-state index contributed by atoms with van der Waals surface area (Å²) in [6.45, 7) is 3.60. The molecule has 3 N–H and O–H groups in total. The molecule has 0 fully saturated rings. The van der Waals surface area contributed by atoms with Crippen LogP contribution in [-0.2, 0) is 16.6 Å². The van der Waals surface area contributed by atoms with E-state index in [2.05, 4.69) is 14.7 Å². The van der Waals surface area contributed by atoms with Gasteiger partial charge in [-0.25, -0.2) is 19.9 Å². The fourth-order valence-electron chi connectivity index (χ4n) is 3.42. The molecule has 10 heteroatoms. The second-order valence-corrected chi connectivity index (χ2v) is 8.49. The van der Waals surface area contributed by atoms with Gasteiger partial charge in [0, 0.05) is 35.8 Å². The SMILES string of the molecule is Cc1c(Cc2c(C)c3ccc(Oc4ncccn4)cc3oc2=O)cccc1NS(N)(=O)=O. The van der Waals surface area contributed by atoms with E-state index in [9.17, 15) is 13.2 Å². The van der Waals surface area contributed by atoms with Crippen molar-refractivity contribution in [2.24, 2.45) is 5.14 Å². The number of hydrogen-bond acceptors (Lipinski definition) is 7. The summed E-state index contributed by atoms with van der Waals surface area (Å²) in [6, 6.07) is 12.2. The van der Waals surface area contributed by atoms with Crippen LogP contribution < -0.4 is 20.2 Å². The van der Waals surface area contributed by atoms with Crippen LogP contribution in [0.5, 0.6) is 11.8 Å². The van der Waals surface area contributed by atoms with Crippen molar-refractivity contribution in [2.75, 3.05) is 4.72 Å². The quantitative estimate of drug-likeness (QED) is 0.429. The average Bonchev–Trinajstić information content (AvgIpc) is 2.73. The third-order valence-corrected chi connectivity index (χ3v) is 5.58. The summed E-state index contributed by atoms with van der Waals surface area (Å²) >= 11 is 0. The van der Waals surface area contributed by atoms with Crippen LogP contribution in [0.1, 0.15) is 22.3 Å². The lowest BCUT2D eigenvalue weighted by Crippen LogP contribution is -2.22. The van der Waals surface area contributed by atoms with Crippen molar-refractivity contribution >= 4 is 26.9 Å². The Bertz CT molecular complexity index is 1470. The monoisotopic (exact) mass is 452 g/mol. The van der Waals surface area contributed by atoms with Gasteiger partial charge in [0.25, 0.3) is 10.2 Å². The molecule has 32 heavy (non-hydrogen) atoms. The predicted octanol–water partition coefficient (Wildman–Crippen LogP) is 3.20. The summed E-state index contributed by atoms with van der Waals surface area (Å²) in [5.74, 6) is 0.441. The minimum absolute atomic E-state index is 0.186. The first-order valence-electron chi connectivity index (χ1n) is 9.61. The van der Waals surface area contributed by atoms with E-state index in [1.807, 2.05) is 13.0 Å². The molecule has 164 valence electrons. The van der Waals surface area contributed by atoms with Crippen molar-refractivity contribution in [3.63, 3.8) is 0 Å². The lowest BCUT2D eigenvalue weighted by Gasteiger charge is -2.13. The number of fused-ring (bicyclic) bond motifs is 1. The molecule has 0 radical (unpaired) electrons. The molecule has 2 aromatic heterocycles. The number of rotatable bonds is 6. The molecular weight excluding hydrogens is 432 g/mol. The normalized spacial score (nSPS) is 11.5. The number of aryl methyl sites for hydroxylation is 1. The minimum Gasteiger partial charge on any atom is -0.424 e. The lowest BCUT2D eigenvalue weighted by atomic mass is 9.96. The van der Waals surface area contributed by atoms with Crippen LogP contribution >= 0.6 is 0 Å². The minimum atomic E-state index is -3.91. The van der Waals surface area contributed by atoms with Crippen molar-refractivity contribution in [3.8, 4) is 11.8 Å². The second kappa shape index (κ2) is 8.40. The highest BCUT2D eigenvalue weighted by Crippen LogP contribution is 2.28. The van der Waals surface area contributed by atoms with Gasteiger partial charge in [-0.2, -0.15) is 8.42 Å². The topological polar surface area (TPSA) is 137 Å². The van der Waals surface area contributed by atoms with Crippen LogP contribution in [0, 0.1) is 13.8 Å². The van der Waals surface area contributed by atoms with Crippen molar-refractivity contribution in [3.05, 3.63) is 87.5 Å². The number of aromatic nitrogens is 2. The Balaban J connectivity index is 1.69. The Morgan fingerprint density at radius 2 is 1.81 bits per heavy atom. The highest BCUT2D eigenvalue weighted by molar-refractivity contribution is 7.90. The van der Waals surface area contributed by atoms with Gasteiger partial charge in [0.05, 0.1) is 5.69 Å². The maximum Gasteiger partial charge on any atom is 0.340 e. The Hall–Kier alpha value is -3.76.